The summed E-state index contributed by atoms with van der Waals surface area (Å²) in [6, 6.07) is 0. The van der Waals surface area contributed by atoms with E-state index in [4.69, 9.17) is 9.47 Å². The Balaban J connectivity index is 1.49. The molecule has 0 bridgehead atoms. The molecule has 1 saturated heterocycles. The number of ether oxygens (including phenoxy) is 2. The van der Waals surface area contributed by atoms with Crippen LogP contribution in [0, 0.1) is 11.3 Å². The van der Waals surface area contributed by atoms with Crippen LogP contribution in [0.15, 0.2) is 0 Å². The van der Waals surface area contributed by atoms with E-state index < -0.39 is 6.10 Å². The first kappa shape index (κ1) is 15.2. The van der Waals surface area contributed by atoms with Crippen molar-refractivity contribution in [2.45, 2.75) is 51.7 Å². The highest BCUT2D eigenvalue weighted by Crippen LogP contribution is 2.51. The Morgan fingerprint density at radius 1 is 1.42 bits per heavy atom. The second kappa shape index (κ2) is 7.02. The molecule has 19 heavy (non-hydrogen) atoms. The van der Waals surface area contributed by atoms with Crippen LogP contribution in [0.25, 0.3) is 0 Å². The van der Waals surface area contributed by atoms with Crippen LogP contribution in [0.2, 0.25) is 0 Å². The fourth-order valence-corrected chi connectivity index (χ4v) is 2.78. The minimum atomic E-state index is -0.413. The van der Waals surface area contributed by atoms with Gasteiger partial charge in [0.2, 0.25) is 0 Å². The molecule has 1 aliphatic heterocycles. The molecule has 2 unspecified atom stereocenters. The summed E-state index contributed by atoms with van der Waals surface area (Å²) < 4.78 is 11.0. The van der Waals surface area contributed by atoms with Gasteiger partial charge in [-0.2, -0.15) is 0 Å². The maximum atomic E-state index is 9.85. The van der Waals surface area contributed by atoms with Gasteiger partial charge in [0.1, 0.15) is 0 Å². The summed E-state index contributed by atoms with van der Waals surface area (Å²) in [5.74, 6) is 0.730. The molecule has 2 N–H and O–H groups in total. The number of rotatable bonds is 9. The predicted octanol–water partition coefficient (Wildman–Crippen LogP) is 1.57. The molecule has 2 atom stereocenters. The van der Waals surface area contributed by atoms with E-state index in [9.17, 15) is 5.11 Å². The lowest BCUT2D eigenvalue weighted by atomic mass is 9.92. The van der Waals surface area contributed by atoms with Crippen molar-refractivity contribution in [3.63, 3.8) is 0 Å². The van der Waals surface area contributed by atoms with Gasteiger partial charge in [-0.3, -0.25) is 0 Å². The zero-order chi connectivity index (χ0) is 13.7. The predicted molar refractivity (Wildman–Crippen MR) is 75.2 cm³/mol. The lowest BCUT2D eigenvalue weighted by Crippen LogP contribution is -2.36. The molecule has 1 heterocycles. The van der Waals surface area contributed by atoms with E-state index >= 15 is 0 Å². The SMILES string of the molecule is CC(C)C1(CNCC(O)COCC2CCCO2)CC1. The van der Waals surface area contributed by atoms with Gasteiger partial charge in [-0.05, 0) is 37.0 Å². The maximum Gasteiger partial charge on any atom is 0.0897 e. The first-order valence-corrected chi connectivity index (χ1v) is 7.70. The van der Waals surface area contributed by atoms with Crippen molar-refractivity contribution in [3.8, 4) is 0 Å². The van der Waals surface area contributed by atoms with Crippen molar-refractivity contribution in [2.75, 3.05) is 32.9 Å². The van der Waals surface area contributed by atoms with E-state index in [2.05, 4.69) is 19.2 Å². The van der Waals surface area contributed by atoms with Gasteiger partial charge >= 0.3 is 0 Å². The molecule has 0 aromatic carbocycles. The number of nitrogens with one attached hydrogen (secondary N) is 1. The molecule has 0 radical (unpaired) electrons. The third kappa shape index (κ3) is 4.71. The molecule has 1 saturated carbocycles. The Kier molecular flexibility index (Phi) is 5.63. The second-order valence-corrected chi connectivity index (χ2v) is 6.47. The molecule has 2 fully saturated rings. The van der Waals surface area contributed by atoms with Gasteiger partial charge in [-0.15, -0.1) is 0 Å². The molecule has 4 nitrogen and oxygen atoms in total. The molecule has 2 aliphatic rings. The lowest BCUT2D eigenvalue weighted by molar-refractivity contribution is -0.0167. The van der Waals surface area contributed by atoms with Crippen molar-refractivity contribution < 1.29 is 14.6 Å². The van der Waals surface area contributed by atoms with Crippen molar-refractivity contribution in [3.05, 3.63) is 0 Å². The first-order valence-electron chi connectivity index (χ1n) is 7.70. The van der Waals surface area contributed by atoms with Crippen LogP contribution in [0.5, 0.6) is 0 Å². The summed E-state index contributed by atoms with van der Waals surface area (Å²) >= 11 is 0. The van der Waals surface area contributed by atoms with Crippen LogP contribution in [0.1, 0.15) is 39.5 Å². The summed E-state index contributed by atoms with van der Waals surface area (Å²) in [6.07, 6.45) is 4.70. The van der Waals surface area contributed by atoms with Crippen LogP contribution in [-0.4, -0.2) is 50.2 Å². The molecule has 0 aromatic rings. The van der Waals surface area contributed by atoms with E-state index in [0.717, 1.165) is 31.9 Å². The summed E-state index contributed by atoms with van der Waals surface area (Å²) in [4.78, 5) is 0. The Morgan fingerprint density at radius 2 is 2.21 bits per heavy atom. The van der Waals surface area contributed by atoms with Gasteiger partial charge in [0.15, 0.2) is 0 Å². The minimum Gasteiger partial charge on any atom is -0.389 e. The van der Waals surface area contributed by atoms with Crippen molar-refractivity contribution in [1.82, 2.24) is 5.32 Å². The molecule has 112 valence electrons. The maximum absolute atomic E-state index is 9.85. The summed E-state index contributed by atoms with van der Waals surface area (Å²) in [6.45, 7) is 8.10. The Labute approximate surface area is 116 Å². The molecule has 0 spiro atoms. The van der Waals surface area contributed by atoms with Gasteiger partial charge in [0, 0.05) is 19.7 Å². The number of hydrogen-bond donors (Lipinski definition) is 2. The molecule has 4 heteroatoms. The largest absolute Gasteiger partial charge is 0.389 e. The minimum absolute atomic E-state index is 0.246. The third-order valence-electron chi connectivity index (χ3n) is 4.61. The van der Waals surface area contributed by atoms with E-state index in [0.29, 0.717) is 25.2 Å². The molecule has 2 rings (SSSR count). The highest BCUT2D eigenvalue weighted by Gasteiger charge is 2.44. The molecular weight excluding hydrogens is 242 g/mol. The molecule has 0 aromatic heterocycles. The topological polar surface area (TPSA) is 50.7 Å². The van der Waals surface area contributed by atoms with Gasteiger partial charge in [-0.1, -0.05) is 13.8 Å². The molecule has 0 amide bonds. The summed E-state index contributed by atoms with van der Waals surface area (Å²) in [5, 5.41) is 13.2. The highest BCUT2D eigenvalue weighted by atomic mass is 16.5. The zero-order valence-electron chi connectivity index (χ0n) is 12.4. The Hall–Kier alpha value is -0.160. The fraction of sp³-hybridized carbons (Fsp3) is 1.00. The monoisotopic (exact) mass is 271 g/mol. The van der Waals surface area contributed by atoms with Gasteiger partial charge in [-0.25, -0.2) is 0 Å². The summed E-state index contributed by atoms with van der Waals surface area (Å²) in [5.41, 5.74) is 0.498. The quantitative estimate of drug-likeness (QED) is 0.668. The Bertz CT molecular complexity index is 260. The number of aliphatic hydroxyl groups is 1. The number of aliphatic hydroxyl groups excluding tert-OH is 1. The number of hydrogen-bond acceptors (Lipinski definition) is 4. The lowest BCUT2D eigenvalue weighted by Gasteiger charge is -2.21. The first-order chi connectivity index (χ1) is 9.12. The molecule has 1 aliphatic carbocycles. The van der Waals surface area contributed by atoms with Crippen LogP contribution < -0.4 is 5.32 Å². The standard InChI is InChI=1S/C15H29NO3/c1-12(2)15(5-6-15)11-16-8-13(17)9-18-10-14-4-3-7-19-14/h12-14,16-17H,3-11H2,1-2H3. The van der Waals surface area contributed by atoms with Crippen LogP contribution in [-0.2, 0) is 9.47 Å². The van der Waals surface area contributed by atoms with E-state index in [-0.39, 0.29) is 6.10 Å². The second-order valence-electron chi connectivity index (χ2n) is 6.47. The molecular formula is C15H29NO3. The smallest absolute Gasteiger partial charge is 0.0897 e. The van der Waals surface area contributed by atoms with Crippen molar-refractivity contribution in [2.24, 2.45) is 11.3 Å². The van der Waals surface area contributed by atoms with Crippen molar-refractivity contribution in [1.29, 1.82) is 0 Å². The van der Waals surface area contributed by atoms with Crippen LogP contribution in [0.4, 0.5) is 0 Å². The van der Waals surface area contributed by atoms with Gasteiger partial charge in [0.25, 0.3) is 0 Å². The average Bonchev–Trinajstić information content (AvgIpc) is 2.98. The van der Waals surface area contributed by atoms with Gasteiger partial charge in [0.05, 0.1) is 25.4 Å². The van der Waals surface area contributed by atoms with Gasteiger partial charge < -0.3 is 19.9 Å². The Morgan fingerprint density at radius 3 is 2.79 bits per heavy atom. The normalized spacial score (nSPS) is 26.8. The fourth-order valence-electron chi connectivity index (χ4n) is 2.78. The van der Waals surface area contributed by atoms with Crippen LogP contribution >= 0.6 is 0 Å². The highest BCUT2D eigenvalue weighted by molar-refractivity contribution is 4.97. The third-order valence-corrected chi connectivity index (χ3v) is 4.61. The van der Waals surface area contributed by atoms with E-state index in [1.807, 2.05) is 0 Å². The zero-order valence-corrected chi connectivity index (χ0v) is 12.4. The summed E-state index contributed by atoms with van der Waals surface area (Å²) in [7, 11) is 0. The van der Waals surface area contributed by atoms with E-state index in [1.54, 1.807) is 0 Å². The van der Waals surface area contributed by atoms with Crippen LogP contribution in [0.3, 0.4) is 0 Å². The van der Waals surface area contributed by atoms with E-state index in [1.165, 1.54) is 12.8 Å². The average molecular weight is 271 g/mol. The van der Waals surface area contributed by atoms with Crippen molar-refractivity contribution >= 4 is 0 Å².